The maximum atomic E-state index is 12.2. The minimum Gasteiger partial charge on any atom is -0.348 e. The zero-order valence-corrected chi connectivity index (χ0v) is 13.1. The summed E-state index contributed by atoms with van der Waals surface area (Å²) in [5, 5.41) is 11.8. The Morgan fingerprint density at radius 2 is 1.95 bits per heavy atom. The molecule has 22 heavy (non-hydrogen) atoms. The predicted octanol–water partition coefficient (Wildman–Crippen LogP) is 1.70. The minimum absolute atomic E-state index is 0.0770. The number of benzene rings is 1. The number of hydrogen-bond acceptors (Lipinski definition) is 3. The zero-order valence-electron chi connectivity index (χ0n) is 13.1. The molecule has 3 amide bonds. The number of piperidine rings is 1. The summed E-state index contributed by atoms with van der Waals surface area (Å²) in [4.78, 5) is 23.7. The number of amides is 3. The number of rotatable bonds is 4. The van der Waals surface area contributed by atoms with E-state index in [9.17, 15) is 9.59 Å². The highest BCUT2D eigenvalue weighted by molar-refractivity contribution is 5.95. The molecule has 1 aromatic carbocycles. The molecule has 0 aromatic heterocycles. The Bertz CT molecular complexity index is 507. The van der Waals surface area contributed by atoms with Crippen molar-refractivity contribution in [2.45, 2.75) is 38.8 Å². The summed E-state index contributed by atoms with van der Waals surface area (Å²) in [6.45, 7) is 5.63. The molecule has 1 aliphatic rings. The quantitative estimate of drug-likeness (QED) is 0.683. The first-order valence-corrected chi connectivity index (χ1v) is 7.74. The maximum absolute atomic E-state index is 12.2. The summed E-state index contributed by atoms with van der Waals surface area (Å²) >= 11 is 0. The van der Waals surface area contributed by atoms with Gasteiger partial charge in [0.05, 0.1) is 0 Å². The van der Waals surface area contributed by atoms with Gasteiger partial charge < -0.3 is 21.3 Å². The summed E-state index contributed by atoms with van der Waals surface area (Å²) in [6, 6.07) is 6.92. The fourth-order valence-electron chi connectivity index (χ4n) is 2.38. The Hall–Kier alpha value is -2.08. The van der Waals surface area contributed by atoms with Crippen LogP contribution in [0.1, 0.15) is 37.0 Å². The van der Waals surface area contributed by atoms with Gasteiger partial charge in [0, 0.05) is 29.9 Å². The van der Waals surface area contributed by atoms with E-state index in [0.29, 0.717) is 11.3 Å². The van der Waals surface area contributed by atoms with Gasteiger partial charge in [-0.15, -0.1) is 0 Å². The van der Waals surface area contributed by atoms with Gasteiger partial charge in [-0.1, -0.05) is 0 Å². The lowest BCUT2D eigenvalue weighted by atomic mass is 10.1. The minimum atomic E-state index is -0.250. The second-order valence-electron chi connectivity index (χ2n) is 5.85. The van der Waals surface area contributed by atoms with E-state index in [1.165, 1.54) is 0 Å². The van der Waals surface area contributed by atoms with E-state index in [4.69, 9.17) is 0 Å². The summed E-state index contributed by atoms with van der Waals surface area (Å²) in [5.74, 6) is -0.0770. The van der Waals surface area contributed by atoms with Crippen LogP contribution in [-0.2, 0) is 0 Å². The number of hydrogen-bond donors (Lipinski definition) is 4. The van der Waals surface area contributed by atoms with E-state index in [0.717, 1.165) is 25.9 Å². The number of carbonyl (C=O) groups is 2. The van der Waals surface area contributed by atoms with Gasteiger partial charge in [0.2, 0.25) is 0 Å². The molecule has 0 saturated carbocycles. The zero-order chi connectivity index (χ0) is 15.9. The van der Waals surface area contributed by atoms with E-state index in [-0.39, 0.29) is 24.0 Å². The molecule has 1 saturated heterocycles. The first-order chi connectivity index (χ1) is 10.5. The van der Waals surface area contributed by atoms with Crippen LogP contribution in [0.25, 0.3) is 0 Å². The molecule has 4 N–H and O–H groups in total. The topological polar surface area (TPSA) is 82.3 Å². The Balaban J connectivity index is 1.87. The third kappa shape index (κ3) is 5.04. The van der Waals surface area contributed by atoms with Crippen molar-refractivity contribution in [1.29, 1.82) is 0 Å². The lowest BCUT2D eigenvalue weighted by Gasteiger charge is -2.23. The van der Waals surface area contributed by atoms with E-state index >= 15 is 0 Å². The van der Waals surface area contributed by atoms with Crippen LogP contribution < -0.4 is 21.3 Å². The Kier molecular flexibility index (Phi) is 5.77. The van der Waals surface area contributed by atoms with Gasteiger partial charge in [-0.2, -0.15) is 0 Å². The molecule has 0 aliphatic carbocycles. The van der Waals surface area contributed by atoms with Crippen LogP contribution in [-0.4, -0.2) is 37.1 Å². The van der Waals surface area contributed by atoms with Gasteiger partial charge in [0.1, 0.15) is 0 Å². The molecule has 1 fully saturated rings. The first-order valence-electron chi connectivity index (χ1n) is 7.74. The van der Waals surface area contributed by atoms with Crippen molar-refractivity contribution in [3.05, 3.63) is 29.8 Å². The maximum Gasteiger partial charge on any atom is 0.319 e. The summed E-state index contributed by atoms with van der Waals surface area (Å²) < 4.78 is 0. The van der Waals surface area contributed by atoms with Gasteiger partial charge in [0.25, 0.3) is 5.91 Å². The molecular formula is C16H24N4O2. The van der Waals surface area contributed by atoms with E-state index in [1.807, 2.05) is 13.8 Å². The highest BCUT2D eigenvalue weighted by atomic mass is 16.2. The monoisotopic (exact) mass is 304 g/mol. The number of anilines is 1. The van der Waals surface area contributed by atoms with Crippen LogP contribution in [0.15, 0.2) is 24.3 Å². The number of carbonyl (C=O) groups excluding carboxylic acids is 2. The first kappa shape index (κ1) is 16.3. The van der Waals surface area contributed by atoms with Gasteiger partial charge in [-0.05, 0) is 57.5 Å². The summed E-state index contributed by atoms with van der Waals surface area (Å²) in [6.07, 6.45) is 2.09. The highest BCUT2D eigenvalue weighted by Crippen LogP contribution is 2.10. The molecular weight excluding hydrogens is 280 g/mol. The Labute approximate surface area is 131 Å². The van der Waals surface area contributed by atoms with Gasteiger partial charge in [-0.3, -0.25) is 4.79 Å². The Morgan fingerprint density at radius 1 is 1.23 bits per heavy atom. The molecule has 0 bridgehead atoms. The van der Waals surface area contributed by atoms with Gasteiger partial charge >= 0.3 is 6.03 Å². The molecule has 2 rings (SSSR count). The second-order valence-corrected chi connectivity index (χ2v) is 5.85. The van der Waals surface area contributed by atoms with E-state index in [2.05, 4.69) is 21.3 Å². The molecule has 0 unspecified atom stereocenters. The van der Waals surface area contributed by atoms with Crippen molar-refractivity contribution in [3.63, 3.8) is 0 Å². The van der Waals surface area contributed by atoms with Gasteiger partial charge in [0.15, 0.2) is 0 Å². The number of urea groups is 1. The van der Waals surface area contributed by atoms with Crippen molar-refractivity contribution in [2.75, 3.05) is 18.4 Å². The van der Waals surface area contributed by atoms with Crippen LogP contribution in [0, 0.1) is 0 Å². The Morgan fingerprint density at radius 3 is 2.55 bits per heavy atom. The highest BCUT2D eigenvalue weighted by Gasteiger charge is 2.16. The normalized spacial score (nSPS) is 17.9. The van der Waals surface area contributed by atoms with Crippen molar-refractivity contribution in [2.24, 2.45) is 0 Å². The smallest absolute Gasteiger partial charge is 0.319 e. The molecule has 0 radical (unpaired) electrons. The van der Waals surface area contributed by atoms with Crippen LogP contribution in [0.2, 0.25) is 0 Å². The van der Waals surface area contributed by atoms with Crippen LogP contribution in [0.5, 0.6) is 0 Å². The van der Waals surface area contributed by atoms with E-state index in [1.54, 1.807) is 24.3 Å². The van der Waals surface area contributed by atoms with Crippen molar-refractivity contribution in [3.8, 4) is 0 Å². The number of nitrogens with one attached hydrogen (secondary N) is 4. The largest absolute Gasteiger partial charge is 0.348 e. The molecule has 120 valence electrons. The molecule has 1 aromatic rings. The molecule has 6 heteroatoms. The van der Waals surface area contributed by atoms with Crippen molar-refractivity contribution in [1.82, 2.24) is 16.0 Å². The third-order valence-corrected chi connectivity index (χ3v) is 3.46. The predicted molar refractivity (Wildman–Crippen MR) is 87.1 cm³/mol. The molecule has 1 atom stereocenters. The lowest BCUT2D eigenvalue weighted by molar-refractivity contribution is 0.0930. The second kappa shape index (κ2) is 7.79. The van der Waals surface area contributed by atoms with Gasteiger partial charge in [-0.25, -0.2) is 4.79 Å². The van der Waals surface area contributed by atoms with Crippen molar-refractivity contribution >= 4 is 17.6 Å². The summed E-state index contributed by atoms with van der Waals surface area (Å²) in [7, 11) is 0. The molecule has 0 spiro atoms. The van der Waals surface area contributed by atoms with E-state index < -0.39 is 0 Å². The third-order valence-electron chi connectivity index (χ3n) is 3.46. The van der Waals surface area contributed by atoms with Crippen molar-refractivity contribution < 1.29 is 9.59 Å². The fourth-order valence-corrected chi connectivity index (χ4v) is 2.38. The lowest BCUT2D eigenvalue weighted by Crippen LogP contribution is -2.45. The van der Waals surface area contributed by atoms with Crippen LogP contribution in [0.3, 0.4) is 0 Å². The molecule has 1 aliphatic heterocycles. The van der Waals surface area contributed by atoms with Crippen LogP contribution in [0.4, 0.5) is 10.5 Å². The average molecular weight is 304 g/mol. The molecule has 1 heterocycles. The SMILES string of the molecule is CC(C)NC(=O)Nc1ccc(C(=O)N[C@H]2CCCNC2)cc1. The average Bonchev–Trinajstić information content (AvgIpc) is 2.48. The fraction of sp³-hybridized carbons (Fsp3) is 0.500. The van der Waals surface area contributed by atoms with Crippen LogP contribution >= 0.6 is 0 Å². The summed E-state index contributed by atoms with van der Waals surface area (Å²) in [5.41, 5.74) is 1.26. The standard InChI is InChI=1S/C16H24N4O2/c1-11(2)18-16(22)20-13-7-5-12(6-8-13)15(21)19-14-4-3-9-17-10-14/h5-8,11,14,17H,3-4,9-10H2,1-2H3,(H,19,21)(H2,18,20,22)/t14-/m0/s1. The molecule has 6 nitrogen and oxygen atoms in total.